The van der Waals surface area contributed by atoms with Gasteiger partial charge in [-0.05, 0) is 67.5 Å². The molecule has 0 saturated carbocycles. The molecule has 6 nitrogen and oxygen atoms in total. The van der Waals surface area contributed by atoms with Crippen molar-refractivity contribution in [3.63, 3.8) is 0 Å². The minimum Gasteiger partial charge on any atom is -0.508 e. The summed E-state index contributed by atoms with van der Waals surface area (Å²) < 4.78 is 39.4. The third-order valence-corrected chi connectivity index (χ3v) is 9.03. The van der Waals surface area contributed by atoms with E-state index in [9.17, 15) is 18.6 Å². The highest BCUT2D eigenvalue weighted by atomic mass is 32.3. The number of rotatable bonds is 5. The quantitative estimate of drug-likeness (QED) is 0.529. The molecule has 4 rings (SSSR count). The van der Waals surface area contributed by atoms with Crippen molar-refractivity contribution < 1.29 is 18.6 Å². The van der Waals surface area contributed by atoms with Crippen molar-refractivity contribution in [1.29, 1.82) is 0 Å². The molecule has 3 N–H and O–H groups in total. The summed E-state index contributed by atoms with van der Waals surface area (Å²) in [6, 6.07) is 12.2. The van der Waals surface area contributed by atoms with Crippen LogP contribution in [0.3, 0.4) is 0 Å². The maximum Gasteiger partial charge on any atom is 0.125 e. The van der Waals surface area contributed by atoms with E-state index in [4.69, 9.17) is 0 Å². The molecular weight excluding hydrogens is 441 g/mol. The first kappa shape index (κ1) is 24.3. The predicted molar refractivity (Wildman–Crippen MR) is 133 cm³/mol. The van der Waals surface area contributed by atoms with Crippen LogP contribution in [0.1, 0.15) is 44.7 Å². The van der Waals surface area contributed by atoms with Gasteiger partial charge in [0, 0.05) is 32.7 Å². The molecule has 2 aliphatic rings. The molecule has 1 spiro atoms. The number of phenols is 1. The highest BCUT2D eigenvalue weighted by molar-refractivity contribution is 8.23. The Hall–Kier alpha value is -1.84. The number of likely N-dealkylation sites (tertiary alicyclic amines) is 1. The average molecular weight is 478 g/mol. The number of aromatic hydroxyl groups is 1. The van der Waals surface area contributed by atoms with Crippen molar-refractivity contribution in [3.05, 3.63) is 59.4 Å². The molecule has 0 amide bonds. The van der Waals surface area contributed by atoms with Crippen LogP contribution in [0, 0.1) is 11.7 Å². The number of halogens is 1. The Morgan fingerprint density at radius 3 is 2.61 bits per heavy atom. The molecule has 2 heterocycles. The molecule has 2 saturated heterocycles. The Morgan fingerprint density at radius 2 is 1.94 bits per heavy atom. The standard InChI is InChI=1S/C25H36FN3O3S/c1-18(2)12-21-13-20(8-9-24(21)30)16-28-11-10-25(15-19(28)3)17-27(4)33(31,32)29(25)23-7-5-6-22(26)14-23/h5-9,13-14,18-19,30-32H,10-12,15-17H2,1-4H3/t19-,25+/m0/s1. The largest absolute Gasteiger partial charge is 0.508 e. The van der Waals surface area contributed by atoms with Crippen LogP contribution >= 0.6 is 11.0 Å². The van der Waals surface area contributed by atoms with E-state index in [-0.39, 0.29) is 11.9 Å². The number of phenolic OH excluding ortho intramolecular Hbond substituents is 1. The summed E-state index contributed by atoms with van der Waals surface area (Å²) in [7, 11) is -1.49. The number of likely N-dealkylation sites (N-methyl/N-ethyl adjacent to an activating group) is 1. The summed E-state index contributed by atoms with van der Waals surface area (Å²) in [4.78, 5) is 2.41. The third kappa shape index (κ3) is 4.72. The van der Waals surface area contributed by atoms with E-state index in [2.05, 4.69) is 31.7 Å². The predicted octanol–water partition coefficient (Wildman–Crippen LogP) is 5.49. The molecule has 0 aliphatic carbocycles. The van der Waals surface area contributed by atoms with Crippen LogP contribution in [0.25, 0.3) is 0 Å². The monoisotopic (exact) mass is 477 g/mol. The van der Waals surface area contributed by atoms with E-state index in [0.717, 1.165) is 37.9 Å². The summed E-state index contributed by atoms with van der Waals surface area (Å²) in [5.74, 6) is 0.429. The minimum absolute atomic E-state index is 0.193. The Morgan fingerprint density at radius 1 is 1.18 bits per heavy atom. The molecule has 8 heteroatoms. The van der Waals surface area contributed by atoms with Crippen molar-refractivity contribution >= 4 is 16.6 Å². The van der Waals surface area contributed by atoms with Crippen molar-refractivity contribution in [1.82, 2.24) is 9.21 Å². The van der Waals surface area contributed by atoms with Gasteiger partial charge in [-0.2, -0.15) is 4.31 Å². The zero-order valence-electron chi connectivity index (χ0n) is 19.9. The molecule has 2 aromatic carbocycles. The Balaban J connectivity index is 1.55. The van der Waals surface area contributed by atoms with Crippen LogP contribution in [-0.4, -0.2) is 55.1 Å². The normalized spacial score (nSPS) is 26.9. The van der Waals surface area contributed by atoms with Crippen LogP contribution in [0.15, 0.2) is 42.5 Å². The highest BCUT2D eigenvalue weighted by Crippen LogP contribution is 2.61. The van der Waals surface area contributed by atoms with Crippen LogP contribution < -0.4 is 4.31 Å². The molecule has 0 bridgehead atoms. The molecule has 0 unspecified atom stereocenters. The number of hydrogen-bond acceptors (Lipinski definition) is 6. The molecule has 2 aliphatic heterocycles. The van der Waals surface area contributed by atoms with Crippen LogP contribution in [-0.2, 0) is 13.0 Å². The molecule has 0 aromatic heterocycles. The number of anilines is 1. The first-order chi connectivity index (χ1) is 15.5. The van der Waals surface area contributed by atoms with Gasteiger partial charge in [-0.1, -0.05) is 43.0 Å². The van der Waals surface area contributed by atoms with Gasteiger partial charge in [0.25, 0.3) is 0 Å². The average Bonchev–Trinajstić information content (AvgIpc) is 2.91. The van der Waals surface area contributed by atoms with Gasteiger partial charge in [0.05, 0.1) is 11.2 Å². The molecule has 2 atom stereocenters. The molecule has 182 valence electrons. The SMILES string of the molecule is CC(C)Cc1cc(CN2CC[C@@]3(C[C@@H]2C)CN(C)S(O)(O)N3c2cccc(F)c2)ccc1O. The summed E-state index contributed by atoms with van der Waals surface area (Å²) in [5.41, 5.74) is 2.18. The van der Waals surface area contributed by atoms with Gasteiger partial charge in [0.15, 0.2) is 0 Å². The minimum atomic E-state index is -3.21. The molecular formula is C25H36FN3O3S. The molecule has 2 aromatic rings. The first-order valence-electron chi connectivity index (χ1n) is 11.6. The number of hydrogen-bond donors (Lipinski definition) is 3. The number of piperidine rings is 1. The zero-order valence-corrected chi connectivity index (χ0v) is 20.7. The van der Waals surface area contributed by atoms with E-state index in [1.165, 1.54) is 17.7 Å². The molecule has 0 radical (unpaired) electrons. The fraction of sp³-hybridized carbons (Fsp3) is 0.520. The Labute approximate surface area is 198 Å². The lowest BCUT2D eigenvalue weighted by atomic mass is 9.82. The topological polar surface area (TPSA) is 70.4 Å². The van der Waals surface area contributed by atoms with Gasteiger partial charge < -0.3 is 5.11 Å². The smallest absolute Gasteiger partial charge is 0.125 e. The van der Waals surface area contributed by atoms with E-state index >= 15 is 0 Å². The van der Waals surface area contributed by atoms with Gasteiger partial charge in [-0.25, -0.2) is 4.39 Å². The number of benzene rings is 2. The lowest BCUT2D eigenvalue weighted by Crippen LogP contribution is -2.57. The Bertz CT molecular complexity index is 1000. The fourth-order valence-corrected chi connectivity index (χ4v) is 7.31. The van der Waals surface area contributed by atoms with Gasteiger partial charge in [-0.3, -0.25) is 18.3 Å². The van der Waals surface area contributed by atoms with Crippen LogP contribution in [0.2, 0.25) is 0 Å². The van der Waals surface area contributed by atoms with Crippen molar-refractivity contribution in [2.45, 2.75) is 58.2 Å². The van der Waals surface area contributed by atoms with Crippen LogP contribution in [0.4, 0.5) is 10.1 Å². The van der Waals surface area contributed by atoms with Crippen molar-refractivity contribution in [3.8, 4) is 5.75 Å². The first-order valence-corrected chi connectivity index (χ1v) is 13.1. The zero-order chi connectivity index (χ0) is 24.0. The Kier molecular flexibility index (Phi) is 6.68. The third-order valence-electron chi connectivity index (χ3n) is 6.97. The van der Waals surface area contributed by atoms with E-state index in [0.29, 0.717) is 23.9 Å². The second-order valence-corrected chi connectivity index (χ2v) is 12.1. The lowest BCUT2D eigenvalue weighted by Gasteiger charge is -2.51. The summed E-state index contributed by atoms with van der Waals surface area (Å²) in [5, 5.41) is 10.2. The van der Waals surface area contributed by atoms with Crippen molar-refractivity contribution in [2.75, 3.05) is 24.4 Å². The van der Waals surface area contributed by atoms with E-state index in [1.807, 2.05) is 6.07 Å². The molecule has 2 fully saturated rings. The lowest BCUT2D eigenvalue weighted by molar-refractivity contribution is 0.100. The summed E-state index contributed by atoms with van der Waals surface area (Å²) >= 11 is 0. The maximum atomic E-state index is 14.0. The maximum absolute atomic E-state index is 14.0. The molecule has 33 heavy (non-hydrogen) atoms. The fourth-order valence-electron chi connectivity index (χ4n) is 5.47. The van der Waals surface area contributed by atoms with Gasteiger partial charge in [0.2, 0.25) is 0 Å². The number of nitrogens with zero attached hydrogens (tertiary/aromatic N) is 3. The second-order valence-electron chi connectivity index (χ2n) is 10.1. The summed E-state index contributed by atoms with van der Waals surface area (Å²) in [6.07, 6.45) is 2.32. The van der Waals surface area contributed by atoms with E-state index < -0.39 is 16.5 Å². The second kappa shape index (κ2) is 9.07. The highest BCUT2D eigenvalue weighted by Gasteiger charge is 2.55. The van der Waals surface area contributed by atoms with Gasteiger partial charge in [-0.15, -0.1) is 0 Å². The van der Waals surface area contributed by atoms with Crippen LogP contribution in [0.5, 0.6) is 5.75 Å². The van der Waals surface area contributed by atoms with E-state index in [1.54, 1.807) is 33.9 Å². The van der Waals surface area contributed by atoms with Gasteiger partial charge >= 0.3 is 0 Å². The summed E-state index contributed by atoms with van der Waals surface area (Å²) in [6.45, 7) is 8.54. The van der Waals surface area contributed by atoms with Crippen molar-refractivity contribution in [2.24, 2.45) is 5.92 Å². The van der Waals surface area contributed by atoms with Gasteiger partial charge in [0.1, 0.15) is 11.6 Å².